The molecule has 6 heteroatoms. The number of para-hydroxylation sites is 1. The smallest absolute Gasteiger partial charge is 0.317 e. The van der Waals surface area contributed by atoms with Gasteiger partial charge < -0.3 is 15.0 Å². The fourth-order valence-electron chi connectivity index (χ4n) is 4.58. The minimum Gasteiger partial charge on any atom is -0.487 e. The summed E-state index contributed by atoms with van der Waals surface area (Å²) in [4.78, 5) is 16.9. The van der Waals surface area contributed by atoms with E-state index in [2.05, 4.69) is 22.3 Å². The van der Waals surface area contributed by atoms with E-state index in [4.69, 9.17) is 4.74 Å². The Hall–Kier alpha value is -2.60. The first-order valence-corrected chi connectivity index (χ1v) is 11.4. The molecule has 0 aliphatic carbocycles. The fourth-order valence-corrected chi connectivity index (χ4v) is 4.58. The first kappa shape index (κ1) is 21.6. The molecule has 0 saturated carbocycles. The predicted octanol–water partition coefficient (Wildman–Crippen LogP) is 4.09. The minimum absolute atomic E-state index is 0.0476. The highest BCUT2D eigenvalue weighted by Crippen LogP contribution is 2.25. The molecule has 2 aliphatic heterocycles. The van der Waals surface area contributed by atoms with Gasteiger partial charge in [-0.05, 0) is 49.8 Å². The van der Waals surface area contributed by atoms with E-state index in [1.165, 1.54) is 11.6 Å². The fraction of sp³-hybridized carbons (Fsp3) is 0.480. The second kappa shape index (κ2) is 10.6. The average Bonchev–Trinajstić information content (AvgIpc) is 2.82. The minimum atomic E-state index is -0.292. The molecule has 0 bridgehead atoms. The number of hydrogen-bond acceptors (Lipinski definition) is 3. The molecule has 2 aromatic carbocycles. The van der Waals surface area contributed by atoms with Crippen LogP contribution in [-0.2, 0) is 6.42 Å². The van der Waals surface area contributed by atoms with Gasteiger partial charge in [-0.15, -0.1) is 0 Å². The molecule has 0 atom stereocenters. The normalized spacial score (nSPS) is 18.7. The Kier molecular flexibility index (Phi) is 7.41. The highest BCUT2D eigenvalue weighted by molar-refractivity contribution is 5.74. The molecule has 0 aromatic heterocycles. The number of hydrogen-bond donors (Lipinski definition) is 1. The second-order valence-corrected chi connectivity index (χ2v) is 8.47. The topological polar surface area (TPSA) is 44.8 Å². The number of carbonyl (C=O) groups is 1. The van der Waals surface area contributed by atoms with Crippen LogP contribution in [0.25, 0.3) is 0 Å². The molecule has 0 spiro atoms. The first-order chi connectivity index (χ1) is 15.2. The van der Waals surface area contributed by atoms with Gasteiger partial charge in [0, 0.05) is 38.8 Å². The maximum atomic E-state index is 13.8. The lowest BCUT2D eigenvalue weighted by atomic mass is 9.99. The van der Waals surface area contributed by atoms with Gasteiger partial charge in [0.05, 0.1) is 0 Å². The maximum Gasteiger partial charge on any atom is 0.317 e. The third kappa shape index (κ3) is 5.97. The van der Waals surface area contributed by atoms with Gasteiger partial charge in [0.1, 0.15) is 6.10 Å². The van der Waals surface area contributed by atoms with Crippen LogP contribution in [0.1, 0.15) is 31.2 Å². The molecule has 31 heavy (non-hydrogen) atoms. The summed E-state index contributed by atoms with van der Waals surface area (Å²) in [5, 5.41) is 3.05. The number of rotatable bonds is 6. The van der Waals surface area contributed by atoms with E-state index >= 15 is 0 Å². The number of amides is 2. The Morgan fingerprint density at radius 1 is 0.935 bits per heavy atom. The third-order valence-electron chi connectivity index (χ3n) is 6.41. The van der Waals surface area contributed by atoms with Gasteiger partial charge in [0.15, 0.2) is 11.6 Å². The van der Waals surface area contributed by atoms with Gasteiger partial charge in [0.25, 0.3) is 0 Å². The second-order valence-electron chi connectivity index (χ2n) is 8.47. The Morgan fingerprint density at radius 2 is 1.61 bits per heavy atom. The lowest BCUT2D eigenvalue weighted by molar-refractivity contribution is 0.0520. The van der Waals surface area contributed by atoms with Gasteiger partial charge in [-0.25, -0.2) is 9.18 Å². The maximum absolute atomic E-state index is 13.8. The van der Waals surface area contributed by atoms with Crippen molar-refractivity contribution < 1.29 is 13.9 Å². The van der Waals surface area contributed by atoms with Crippen molar-refractivity contribution in [2.75, 3.05) is 32.7 Å². The Labute approximate surface area is 184 Å². The van der Waals surface area contributed by atoms with Crippen LogP contribution in [0.3, 0.4) is 0 Å². The van der Waals surface area contributed by atoms with Gasteiger partial charge >= 0.3 is 6.03 Å². The standard InChI is InChI=1S/C25H32FN3O2/c26-23-8-4-5-9-24(23)31-22-13-18-28(19-14-22)21-11-16-29(17-12-21)25(30)27-15-10-20-6-2-1-3-7-20/h1-9,21-22H,10-19H2,(H,27,30). The van der Waals surface area contributed by atoms with Crippen LogP contribution in [0.2, 0.25) is 0 Å². The lowest BCUT2D eigenvalue weighted by Crippen LogP contribution is -2.52. The van der Waals surface area contributed by atoms with Gasteiger partial charge in [-0.3, -0.25) is 4.90 Å². The summed E-state index contributed by atoms with van der Waals surface area (Å²) in [5.41, 5.74) is 1.24. The third-order valence-corrected chi connectivity index (χ3v) is 6.41. The average molecular weight is 426 g/mol. The van der Waals surface area contributed by atoms with Crippen molar-refractivity contribution in [3.05, 3.63) is 66.0 Å². The van der Waals surface area contributed by atoms with Crippen LogP contribution in [0, 0.1) is 5.82 Å². The number of nitrogens with one attached hydrogen (secondary N) is 1. The zero-order valence-electron chi connectivity index (χ0n) is 18.0. The molecule has 5 nitrogen and oxygen atoms in total. The van der Waals surface area contributed by atoms with Crippen molar-refractivity contribution >= 4 is 6.03 Å². The van der Waals surface area contributed by atoms with E-state index in [0.29, 0.717) is 18.3 Å². The number of nitrogens with zero attached hydrogens (tertiary/aromatic N) is 2. The van der Waals surface area contributed by atoms with E-state index in [1.807, 2.05) is 23.1 Å². The van der Waals surface area contributed by atoms with E-state index < -0.39 is 0 Å². The quantitative estimate of drug-likeness (QED) is 0.758. The molecule has 2 heterocycles. The molecule has 0 radical (unpaired) electrons. The number of halogens is 1. The molecule has 2 amide bonds. The highest BCUT2D eigenvalue weighted by atomic mass is 19.1. The van der Waals surface area contributed by atoms with Crippen LogP contribution >= 0.6 is 0 Å². The SMILES string of the molecule is O=C(NCCc1ccccc1)N1CCC(N2CCC(Oc3ccccc3F)CC2)CC1. The summed E-state index contributed by atoms with van der Waals surface area (Å²) in [6, 6.07) is 17.4. The summed E-state index contributed by atoms with van der Waals surface area (Å²) in [6.45, 7) is 4.19. The highest BCUT2D eigenvalue weighted by Gasteiger charge is 2.30. The monoisotopic (exact) mass is 425 g/mol. The number of likely N-dealkylation sites (tertiary alicyclic amines) is 2. The Balaban J connectivity index is 1.15. The van der Waals surface area contributed by atoms with Gasteiger partial charge in [-0.2, -0.15) is 0 Å². The Bertz CT molecular complexity index is 832. The number of urea groups is 1. The van der Waals surface area contributed by atoms with E-state index in [9.17, 15) is 9.18 Å². The molecule has 1 N–H and O–H groups in total. The van der Waals surface area contributed by atoms with Crippen LogP contribution in [0.5, 0.6) is 5.75 Å². The summed E-state index contributed by atoms with van der Waals surface area (Å²) < 4.78 is 19.7. The first-order valence-electron chi connectivity index (χ1n) is 11.4. The van der Waals surface area contributed by atoms with Crippen LogP contribution in [0.15, 0.2) is 54.6 Å². The summed E-state index contributed by atoms with van der Waals surface area (Å²) in [5.74, 6) is 0.0619. The summed E-state index contributed by atoms with van der Waals surface area (Å²) >= 11 is 0. The van der Waals surface area contributed by atoms with Crippen molar-refractivity contribution in [2.24, 2.45) is 0 Å². The molecule has 2 fully saturated rings. The molecule has 2 aromatic rings. The Morgan fingerprint density at radius 3 is 2.32 bits per heavy atom. The molecule has 2 aliphatic rings. The van der Waals surface area contributed by atoms with Gasteiger partial charge in [0.2, 0.25) is 0 Å². The summed E-state index contributed by atoms with van der Waals surface area (Å²) in [6.07, 6.45) is 4.76. The number of benzene rings is 2. The molecule has 0 unspecified atom stereocenters. The van der Waals surface area contributed by atoms with Gasteiger partial charge in [-0.1, -0.05) is 42.5 Å². The number of piperidine rings is 2. The number of ether oxygens (including phenoxy) is 1. The van der Waals surface area contributed by atoms with Crippen LogP contribution in [0.4, 0.5) is 9.18 Å². The van der Waals surface area contributed by atoms with E-state index in [0.717, 1.165) is 58.3 Å². The predicted molar refractivity (Wildman–Crippen MR) is 120 cm³/mol. The largest absolute Gasteiger partial charge is 0.487 e. The summed E-state index contributed by atoms with van der Waals surface area (Å²) in [7, 11) is 0. The van der Waals surface area contributed by atoms with E-state index in [1.54, 1.807) is 18.2 Å². The van der Waals surface area contributed by atoms with Crippen molar-refractivity contribution in [1.29, 1.82) is 0 Å². The molecular formula is C25H32FN3O2. The number of carbonyl (C=O) groups excluding carboxylic acids is 1. The lowest BCUT2D eigenvalue weighted by Gasteiger charge is -2.41. The zero-order chi connectivity index (χ0) is 21.5. The molecule has 2 saturated heterocycles. The van der Waals surface area contributed by atoms with Crippen molar-refractivity contribution in [2.45, 2.75) is 44.2 Å². The van der Waals surface area contributed by atoms with Crippen LogP contribution in [-0.4, -0.2) is 60.7 Å². The van der Waals surface area contributed by atoms with Crippen molar-refractivity contribution in [3.8, 4) is 5.75 Å². The van der Waals surface area contributed by atoms with Crippen molar-refractivity contribution in [1.82, 2.24) is 15.1 Å². The molecule has 166 valence electrons. The van der Waals surface area contributed by atoms with E-state index in [-0.39, 0.29) is 18.0 Å². The van der Waals surface area contributed by atoms with Crippen LogP contribution < -0.4 is 10.1 Å². The van der Waals surface area contributed by atoms with Crippen molar-refractivity contribution in [3.63, 3.8) is 0 Å². The molecular weight excluding hydrogens is 393 g/mol. The zero-order valence-corrected chi connectivity index (χ0v) is 18.0. The molecule has 4 rings (SSSR count).